The average Bonchev–Trinajstić information content (AvgIpc) is 2.70. The first-order valence-electron chi connectivity index (χ1n) is 6.73. The maximum Gasteiger partial charge on any atom is 0.242 e. The minimum atomic E-state index is -0.368. The van der Waals surface area contributed by atoms with E-state index in [0.29, 0.717) is 18.7 Å². The summed E-state index contributed by atoms with van der Waals surface area (Å²) in [4.78, 5) is 47.1. The maximum absolute atomic E-state index is 11.8. The van der Waals surface area contributed by atoms with Crippen molar-refractivity contribution >= 4 is 35.3 Å². The maximum atomic E-state index is 11.8. The molecule has 0 aromatic rings. The molecule has 7 heteroatoms. The number of nitrogens with one attached hydrogen (secondary N) is 1. The number of carbonyl (C=O) groups is 4. The third kappa shape index (κ3) is 4.63. The molecule has 0 spiro atoms. The first-order valence-corrected chi connectivity index (χ1v) is 7.78. The second-order valence-corrected chi connectivity index (χ2v) is 5.77. The Morgan fingerprint density at radius 3 is 2.60 bits per heavy atom. The summed E-state index contributed by atoms with van der Waals surface area (Å²) in [7, 11) is 0. The highest BCUT2D eigenvalue weighted by molar-refractivity contribution is 8.00. The highest BCUT2D eigenvalue weighted by atomic mass is 32.2. The summed E-state index contributed by atoms with van der Waals surface area (Å²) in [5, 5.41) is 2.17. The summed E-state index contributed by atoms with van der Waals surface area (Å²) in [6.45, 7) is 3.96. The summed E-state index contributed by atoms with van der Waals surface area (Å²) in [5.74, 6) is -0.0606. The van der Waals surface area contributed by atoms with Crippen LogP contribution in [0.5, 0.6) is 0 Å². The summed E-state index contributed by atoms with van der Waals surface area (Å²) in [6.07, 6.45) is 0.861. The van der Waals surface area contributed by atoms with Crippen molar-refractivity contribution in [3.8, 4) is 0 Å². The molecule has 1 fully saturated rings. The number of amides is 3. The average molecular weight is 300 g/mol. The van der Waals surface area contributed by atoms with E-state index in [4.69, 9.17) is 0 Å². The van der Waals surface area contributed by atoms with Crippen LogP contribution in [0, 0.1) is 0 Å². The largest absolute Gasteiger partial charge is 0.349 e. The monoisotopic (exact) mass is 300 g/mol. The number of likely N-dealkylation sites (tertiary alicyclic amines) is 1. The van der Waals surface area contributed by atoms with Crippen LogP contribution in [0.3, 0.4) is 0 Å². The van der Waals surface area contributed by atoms with E-state index in [1.807, 2.05) is 0 Å². The number of nitrogens with zero attached hydrogens (tertiary/aromatic N) is 1. The van der Waals surface area contributed by atoms with E-state index in [-0.39, 0.29) is 48.1 Å². The fourth-order valence-corrected chi connectivity index (χ4v) is 2.94. The molecule has 3 amide bonds. The summed E-state index contributed by atoms with van der Waals surface area (Å²) in [5.41, 5.74) is 0. The van der Waals surface area contributed by atoms with E-state index in [1.165, 1.54) is 16.7 Å². The minimum Gasteiger partial charge on any atom is -0.349 e. The molecular formula is C13H20N2O4S. The van der Waals surface area contributed by atoms with Gasteiger partial charge in [-0.05, 0) is 6.92 Å². The van der Waals surface area contributed by atoms with Crippen molar-refractivity contribution in [2.75, 3.05) is 18.8 Å². The molecule has 0 aliphatic carbocycles. The zero-order valence-electron chi connectivity index (χ0n) is 11.8. The number of rotatable bonds is 8. The minimum absolute atomic E-state index is 0.0128. The van der Waals surface area contributed by atoms with Gasteiger partial charge < -0.3 is 5.32 Å². The SMILES string of the molecule is CCC(=O)CNC(=O)CCSC1CC(=O)N(CC)C1=O. The van der Waals surface area contributed by atoms with Crippen molar-refractivity contribution in [1.82, 2.24) is 10.2 Å². The van der Waals surface area contributed by atoms with E-state index in [0.717, 1.165) is 0 Å². The van der Waals surface area contributed by atoms with Gasteiger partial charge in [-0.1, -0.05) is 6.92 Å². The summed E-state index contributed by atoms with van der Waals surface area (Å²) in [6, 6.07) is 0. The third-order valence-electron chi connectivity index (χ3n) is 3.04. The standard InChI is InChI=1S/C13H20N2O4S/c1-3-9(16)8-14-11(17)5-6-20-10-7-12(18)15(4-2)13(10)19/h10H,3-8H2,1-2H3,(H,14,17). The molecule has 1 aliphatic rings. The van der Waals surface area contributed by atoms with Gasteiger partial charge in [0.2, 0.25) is 17.7 Å². The summed E-state index contributed by atoms with van der Waals surface area (Å²) >= 11 is 1.33. The van der Waals surface area contributed by atoms with Crippen molar-refractivity contribution in [3.05, 3.63) is 0 Å². The van der Waals surface area contributed by atoms with E-state index >= 15 is 0 Å². The molecule has 6 nitrogen and oxygen atoms in total. The number of ketones is 1. The second-order valence-electron chi connectivity index (χ2n) is 4.46. The summed E-state index contributed by atoms with van der Waals surface area (Å²) < 4.78 is 0. The molecule has 1 heterocycles. The van der Waals surface area contributed by atoms with Gasteiger partial charge in [0.1, 0.15) is 0 Å². The zero-order chi connectivity index (χ0) is 15.1. The Hall–Kier alpha value is -1.37. The molecule has 1 N–H and O–H groups in total. The van der Waals surface area contributed by atoms with Crippen LogP contribution in [-0.4, -0.2) is 52.5 Å². The van der Waals surface area contributed by atoms with Crippen molar-refractivity contribution in [1.29, 1.82) is 0 Å². The van der Waals surface area contributed by atoms with Crippen LogP contribution >= 0.6 is 11.8 Å². The van der Waals surface area contributed by atoms with Crippen LogP contribution in [0.25, 0.3) is 0 Å². The lowest BCUT2D eigenvalue weighted by atomic mass is 10.3. The predicted octanol–water partition coefficient (Wildman–Crippen LogP) is 0.352. The number of carbonyl (C=O) groups excluding carboxylic acids is 4. The van der Waals surface area contributed by atoms with E-state index in [9.17, 15) is 19.2 Å². The van der Waals surface area contributed by atoms with Crippen molar-refractivity contribution in [2.45, 2.75) is 38.4 Å². The molecule has 1 aliphatic heterocycles. The normalized spacial score (nSPS) is 18.5. The lowest BCUT2D eigenvalue weighted by Crippen LogP contribution is -2.31. The predicted molar refractivity (Wildman–Crippen MR) is 76.2 cm³/mol. The molecule has 112 valence electrons. The Morgan fingerprint density at radius 2 is 2.05 bits per heavy atom. The Kier molecular flexibility index (Phi) is 6.70. The van der Waals surface area contributed by atoms with Gasteiger partial charge in [0.15, 0.2) is 5.78 Å². The number of thioether (sulfide) groups is 1. The smallest absolute Gasteiger partial charge is 0.242 e. The van der Waals surface area contributed by atoms with Gasteiger partial charge in [0, 0.05) is 31.6 Å². The molecular weight excluding hydrogens is 280 g/mol. The highest BCUT2D eigenvalue weighted by Crippen LogP contribution is 2.25. The topological polar surface area (TPSA) is 83.6 Å². The number of hydrogen-bond acceptors (Lipinski definition) is 5. The Morgan fingerprint density at radius 1 is 1.35 bits per heavy atom. The van der Waals surface area contributed by atoms with Crippen molar-refractivity contribution in [3.63, 3.8) is 0 Å². The lowest BCUT2D eigenvalue weighted by Gasteiger charge is -2.11. The molecule has 0 bridgehead atoms. The first kappa shape index (κ1) is 16.7. The van der Waals surface area contributed by atoms with Crippen LogP contribution in [0.4, 0.5) is 0 Å². The second kappa shape index (κ2) is 8.04. The van der Waals surface area contributed by atoms with Crippen molar-refractivity contribution < 1.29 is 19.2 Å². The molecule has 0 radical (unpaired) electrons. The van der Waals surface area contributed by atoms with E-state index in [1.54, 1.807) is 13.8 Å². The Bertz CT molecular complexity index is 411. The van der Waals surface area contributed by atoms with Crippen LogP contribution < -0.4 is 5.32 Å². The van der Waals surface area contributed by atoms with Crippen LogP contribution in [-0.2, 0) is 19.2 Å². The zero-order valence-corrected chi connectivity index (χ0v) is 12.6. The third-order valence-corrected chi connectivity index (χ3v) is 4.25. The fraction of sp³-hybridized carbons (Fsp3) is 0.692. The van der Waals surface area contributed by atoms with Gasteiger partial charge in [-0.2, -0.15) is 0 Å². The molecule has 1 atom stereocenters. The number of imide groups is 1. The van der Waals surface area contributed by atoms with Gasteiger partial charge in [0.25, 0.3) is 0 Å². The molecule has 0 saturated carbocycles. The van der Waals surface area contributed by atoms with Gasteiger partial charge in [-0.15, -0.1) is 11.8 Å². The van der Waals surface area contributed by atoms with Crippen LogP contribution in [0.2, 0.25) is 0 Å². The number of hydrogen-bond donors (Lipinski definition) is 1. The quantitative estimate of drug-likeness (QED) is 0.654. The van der Waals surface area contributed by atoms with E-state index < -0.39 is 0 Å². The molecule has 1 rings (SSSR count). The lowest BCUT2D eigenvalue weighted by molar-refractivity contribution is -0.138. The van der Waals surface area contributed by atoms with Gasteiger partial charge in [-0.25, -0.2) is 0 Å². The van der Waals surface area contributed by atoms with Crippen LogP contribution in [0.1, 0.15) is 33.1 Å². The van der Waals surface area contributed by atoms with E-state index in [2.05, 4.69) is 5.32 Å². The Balaban J connectivity index is 2.24. The van der Waals surface area contributed by atoms with Crippen LogP contribution in [0.15, 0.2) is 0 Å². The molecule has 20 heavy (non-hydrogen) atoms. The molecule has 0 aromatic carbocycles. The first-order chi connectivity index (χ1) is 9.49. The fourth-order valence-electron chi connectivity index (χ4n) is 1.82. The highest BCUT2D eigenvalue weighted by Gasteiger charge is 2.37. The van der Waals surface area contributed by atoms with Gasteiger partial charge in [-0.3, -0.25) is 24.1 Å². The molecule has 1 unspecified atom stereocenters. The number of Topliss-reactive ketones (excluding diaryl/α,β-unsaturated/α-hetero) is 1. The van der Waals surface area contributed by atoms with Crippen molar-refractivity contribution in [2.24, 2.45) is 0 Å². The molecule has 1 saturated heterocycles. The Labute approximate surface area is 122 Å². The van der Waals surface area contributed by atoms with Gasteiger partial charge >= 0.3 is 0 Å². The molecule has 0 aromatic heterocycles. The van der Waals surface area contributed by atoms with Gasteiger partial charge in [0.05, 0.1) is 11.8 Å².